The van der Waals surface area contributed by atoms with Gasteiger partial charge in [-0.25, -0.2) is 4.98 Å². The normalized spacial score (nSPS) is 10.5. The summed E-state index contributed by atoms with van der Waals surface area (Å²) in [4.78, 5) is 16.5. The lowest BCUT2D eigenvalue weighted by molar-refractivity contribution is -0.116. The molecule has 134 valence electrons. The fraction of sp³-hybridized carbons (Fsp3) is 0.158. The van der Waals surface area contributed by atoms with Gasteiger partial charge in [0.1, 0.15) is 5.75 Å². The van der Waals surface area contributed by atoms with E-state index in [1.54, 1.807) is 12.1 Å². The molecule has 0 bridgehead atoms. The van der Waals surface area contributed by atoms with Crippen molar-refractivity contribution in [2.24, 2.45) is 0 Å². The minimum absolute atomic E-state index is 0.0681. The highest BCUT2D eigenvalue weighted by atomic mass is 79.9. The Balaban J connectivity index is 1.43. The maximum absolute atomic E-state index is 12.0. The molecule has 0 aliphatic carbocycles. The molecule has 0 spiro atoms. The number of rotatable bonds is 7. The van der Waals surface area contributed by atoms with Gasteiger partial charge >= 0.3 is 0 Å². The van der Waals surface area contributed by atoms with Crippen LogP contribution in [0.15, 0.2) is 58.4 Å². The molecule has 0 fully saturated rings. The fourth-order valence-corrected chi connectivity index (χ4v) is 3.35. The van der Waals surface area contributed by atoms with Crippen LogP contribution in [0.2, 0.25) is 5.02 Å². The zero-order valence-corrected chi connectivity index (χ0v) is 16.9. The number of hydrogen-bond donors (Lipinski definition) is 1. The minimum atomic E-state index is -0.0681. The largest absolute Gasteiger partial charge is 0.494 e. The molecular weight excluding hydrogens is 436 g/mol. The van der Waals surface area contributed by atoms with Gasteiger partial charge in [-0.2, -0.15) is 0 Å². The average Bonchev–Trinajstić information content (AvgIpc) is 3.09. The molecule has 1 amide bonds. The van der Waals surface area contributed by atoms with Crippen LogP contribution < -0.4 is 10.1 Å². The summed E-state index contributed by atoms with van der Waals surface area (Å²) < 4.78 is 6.60. The number of carbonyl (C=O) groups excluding carboxylic acids is 1. The summed E-state index contributed by atoms with van der Waals surface area (Å²) in [7, 11) is 0. The first-order valence-corrected chi connectivity index (χ1v) is 10.0. The molecule has 0 aliphatic rings. The highest BCUT2D eigenvalue weighted by molar-refractivity contribution is 9.10. The second-order valence-electron chi connectivity index (χ2n) is 5.50. The lowest BCUT2D eigenvalue weighted by Crippen LogP contribution is -2.12. The lowest BCUT2D eigenvalue weighted by atomic mass is 10.2. The van der Waals surface area contributed by atoms with E-state index in [0.717, 1.165) is 21.5 Å². The number of halogens is 2. The van der Waals surface area contributed by atoms with Crippen LogP contribution in [-0.2, 0) is 4.79 Å². The van der Waals surface area contributed by atoms with E-state index in [4.69, 9.17) is 16.3 Å². The summed E-state index contributed by atoms with van der Waals surface area (Å²) in [6, 6.07) is 15.1. The molecule has 0 saturated heterocycles. The SMILES string of the molecule is O=C(CCCOc1ccc(Cl)cc1)Nc1nc(-c2ccc(Br)cc2)cs1. The molecule has 0 aliphatic heterocycles. The van der Waals surface area contributed by atoms with Crippen molar-refractivity contribution in [1.29, 1.82) is 0 Å². The molecule has 7 heteroatoms. The van der Waals surface area contributed by atoms with Gasteiger partial charge in [0.05, 0.1) is 12.3 Å². The van der Waals surface area contributed by atoms with Crippen LogP contribution in [0.25, 0.3) is 11.3 Å². The van der Waals surface area contributed by atoms with Crippen molar-refractivity contribution < 1.29 is 9.53 Å². The molecule has 3 rings (SSSR count). The van der Waals surface area contributed by atoms with Crippen molar-refractivity contribution >= 4 is 49.9 Å². The van der Waals surface area contributed by atoms with Crippen molar-refractivity contribution in [3.8, 4) is 17.0 Å². The van der Waals surface area contributed by atoms with Gasteiger partial charge in [0.2, 0.25) is 5.91 Å². The summed E-state index contributed by atoms with van der Waals surface area (Å²) in [5.74, 6) is 0.676. The van der Waals surface area contributed by atoms with Crippen molar-refractivity contribution in [2.75, 3.05) is 11.9 Å². The van der Waals surface area contributed by atoms with Gasteiger partial charge in [0.25, 0.3) is 0 Å². The van der Waals surface area contributed by atoms with Gasteiger partial charge in [-0.15, -0.1) is 11.3 Å². The highest BCUT2D eigenvalue weighted by Crippen LogP contribution is 2.26. The molecule has 26 heavy (non-hydrogen) atoms. The van der Waals surface area contributed by atoms with Crippen molar-refractivity contribution in [2.45, 2.75) is 12.8 Å². The Kier molecular flexibility index (Phi) is 6.66. The molecule has 0 atom stereocenters. The molecule has 3 aromatic rings. The maximum Gasteiger partial charge on any atom is 0.226 e. The van der Waals surface area contributed by atoms with Crippen LogP contribution in [0, 0.1) is 0 Å². The van der Waals surface area contributed by atoms with Crippen molar-refractivity contribution in [3.05, 3.63) is 63.4 Å². The molecule has 0 saturated carbocycles. The van der Waals surface area contributed by atoms with E-state index < -0.39 is 0 Å². The standard InChI is InChI=1S/C19H16BrClN2O2S/c20-14-5-3-13(4-6-14)17-12-26-19(22-17)23-18(24)2-1-11-25-16-9-7-15(21)8-10-16/h3-10,12H,1-2,11H2,(H,22,23,24). The lowest BCUT2D eigenvalue weighted by Gasteiger charge is -2.06. The molecule has 2 aromatic carbocycles. The smallest absolute Gasteiger partial charge is 0.226 e. The van der Waals surface area contributed by atoms with Crippen LogP contribution in [-0.4, -0.2) is 17.5 Å². The van der Waals surface area contributed by atoms with E-state index in [-0.39, 0.29) is 5.91 Å². The Hall–Kier alpha value is -1.89. The monoisotopic (exact) mass is 450 g/mol. The first-order valence-electron chi connectivity index (χ1n) is 8.00. The van der Waals surface area contributed by atoms with E-state index in [1.807, 2.05) is 41.8 Å². The summed E-state index contributed by atoms with van der Waals surface area (Å²) in [6.45, 7) is 0.469. The van der Waals surface area contributed by atoms with E-state index in [1.165, 1.54) is 11.3 Å². The second-order valence-corrected chi connectivity index (χ2v) is 7.71. The van der Waals surface area contributed by atoms with E-state index in [9.17, 15) is 4.79 Å². The van der Waals surface area contributed by atoms with Gasteiger partial charge in [-0.3, -0.25) is 4.79 Å². The van der Waals surface area contributed by atoms with Crippen LogP contribution in [0.4, 0.5) is 5.13 Å². The zero-order valence-electron chi connectivity index (χ0n) is 13.7. The van der Waals surface area contributed by atoms with Gasteiger partial charge in [0, 0.05) is 26.9 Å². The third-order valence-electron chi connectivity index (χ3n) is 3.52. The average molecular weight is 452 g/mol. The molecule has 1 N–H and O–H groups in total. The molecular formula is C19H16BrClN2O2S. The maximum atomic E-state index is 12.0. The first-order chi connectivity index (χ1) is 12.6. The predicted octanol–water partition coefficient (Wildman–Crippen LogP) is 6.02. The minimum Gasteiger partial charge on any atom is -0.494 e. The summed E-state index contributed by atoms with van der Waals surface area (Å²) in [5.41, 5.74) is 1.87. The number of anilines is 1. The number of hydrogen-bond acceptors (Lipinski definition) is 4. The Bertz CT molecular complexity index is 866. The third kappa shape index (κ3) is 5.56. The Morgan fingerprint density at radius 2 is 1.88 bits per heavy atom. The Morgan fingerprint density at radius 3 is 2.62 bits per heavy atom. The van der Waals surface area contributed by atoms with Gasteiger partial charge in [-0.1, -0.05) is 39.7 Å². The number of thiazole rings is 1. The van der Waals surface area contributed by atoms with E-state index >= 15 is 0 Å². The summed E-state index contributed by atoms with van der Waals surface area (Å²) >= 11 is 10.7. The van der Waals surface area contributed by atoms with Gasteiger partial charge in [0.15, 0.2) is 5.13 Å². The number of carbonyl (C=O) groups is 1. The predicted molar refractivity (Wildman–Crippen MR) is 110 cm³/mol. The van der Waals surface area contributed by atoms with Crippen LogP contribution in [0.5, 0.6) is 5.75 Å². The van der Waals surface area contributed by atoms with Crippen molar-refractivity contribution in [1.82, 2.24) is 4.98 Å². The van der Waals surface area contributed by atoms with Gasteiger partial charge < -0.3 is 10.1 Å². The second kappa shape index (κ2) is 9.16. The van der Waals surface area contributed by atoms with Crippen LogP contribution in [0.3, 0.4) is 0 Å². The number of nitrogens with one attached hydrogen (secondary N) is 1. The quantitative estimate of drug-likeness (QED) is 0.447. The topological polar surface area (TPSA) is 51.2 Å². The number of amides is 1. The third-order valence-corrected chi connectivity index (χ3v) is 5.06. The molecule has 1 aromatic heterocycles. The number of aromatic nitrogens is 1. The Morgan fingerprint density at radius 1 is 1.15 bits per heavy atom. The van der Waals surface area contributed by atoms with Crippen LogP contribution >= 0.6 is 38.9 Å². The molecule has 1 heterocycles. The molecule has 4 nitrogen and oxygen atoms in total. The number of benzene rings is 2. The first kappa shape index (κ1) is 18.9. The Labute approximate surface area is 169 Å². The van der Waals surface area contributed by atoms with Crippen LogP contribution in [0.1, 0.15) is 12.8 Å². The van der Waals surface area contributed by atoms with Gasteiger partial charge in [-0.05, 0) is 42.8 Å². The summed E-state index contributed by atoms with van der Waals surface area (Å²) in [6.07, 6.45) is 1.00. The fourth-order valence-electron chi connectivity index (χ4n) is 2.22. The number of nitrogens with zero attached hydrogens (tertiary/aromatic N) is 1. The van der Waals surface area contributed by atoms with Crippen molar-refractivity contribution in [3.63, 3.8) is 0 Å². The zero-order chi connectivity index (χ0) is 18.4. The molecule has 0 unspecified atom stereocenters. The van der Waals surface area contributed by atoms with E-state index in [2.05, 4.69) is 26.2 Å². The molecule has 0 radical (unpaired) electrons. The highest BCUT2D eigenvalue weighted by Gasteiger charge is 2.08. The number of ether oxygens (including phenoxy) is 1. The van der Waals surface area contributed by atoms with E-state index in [0.29, 0.717) is 29.6 Å². The summed E-state index contributed by atoms with van der Waals surface area (Å²) in [5, 5.41) is 6.04.